The van der Waals surface area contributed by atoms with Gasteiger partial charge in [0.05, 0.1) is 0 Å². The van der Waals surface area contributed by atoms with Crippen LogP contribution in [0.5, 0.6) is 5.75 Å². The number of halogens is 1. The minimum absolute atomic E-state index is 0.222. The van der Waals surface area contributed by atoms with Crippen molar-refractivity contribution < 1.29 is 9.53 Å². The minimum atomic E-state index is -0.266. The van der Waals surface area contributed by atoms with Crippen LogP contribution in [0, 0.1) is 20.8 Å². The van der Waals surface area contributed by atoms with Gasteiger partial charge >= 0.3 is 5.97 Å². The number of carbonyl (C=O) groups excluding carboxylic acids is 1. The summed E-state index contributed by atoms with van der Waals surface area (Å²) in [5, 5.41) is 0.222. The van der Waals surface area contributed by atoms with Crippen LogP contribution in [0.4, 0.5) is 0 Å². The van der Waals surface area contributed by atoms with Crippen LogP contribution < -0.4 is 4.74 Å². The van der Waals surface area contributed by atoms with Crippen LogP contribution in [0.25, 0.3) is 0 Å². The van der Waals surface area contributed by atoms with Gasteiger partial charge in [-0.1, -0.05) is 22.0 Å². The van der Waals surface area contributed by atoms with Crippen molar-refractivity contribution >= 4 is 21.9 Å². The number of ether oxygens (including phenoxy) is 1. The number of hydrogen-bond acceptors (Lipinski definition) is 2. The summed E-state index contributed by atoms with van der Waals surface area (Å²) in [5.41, 5.74) is 3.26. The second-order valence-electron chi connectivity index (χ2n) is 3.31. The Kier molecular flexibility index (Phi) is 3.69. The summed E-state index contributed by atoms with van der Waals surface area (Å²) in [7, 11) is 0. The van der Waals surface area contributed by atoms with Crippen LogP contribution >= 0.6 is 15.9 Å². The fourth-order valence-electron chi connectivity index (χ4n) is 1.26. The van der Waals surface area contributed by atoms with Crippen LogP contribution in [0.3, 0.4) is 0 Å². The van der Waals surface area contributed by atoms with Gasteiger partial charge in [0.1, 0.15) is 11.1 Å². The second kappa shape index (κ2) is 4.60. The fourth-order valence-corrected chi connectivity index (χ4v) is 1.37. The molecule has 1 aromatic rings. The molecule has 76 valence electrons. The van der Waals surface area contributed by atoms with Crippen LogP contribution in [-0.4, -0.2) is 11.3 Å². The van der Waals surface area contributed by atoms with E-state index < -0.39 is 0 Å². The van der Waals surface area contributed by atoms with E-state index in [1.54, 1.807) is 0 Å². The molecule has 0 fully saturated rings. The lowest BCUT2D eigenvalue weighted by Gasteiger charge is -2.09. The zero-order valence-electron chi connectivity index (χ0n) is 8.56. The number of carbonyl (C=O) groups is 1. The molecule has 0 saturated carbocycles. The highest BCUT2D eigenvalue weighted by molar-refractivity contribution is 9.09. The van der Waals surface area contributed by atoms with E-state index in [4.69, 9.17) is 4.74 Å². The van der Waals surface area contributed by atoms with Crippen molar-refractivity contribution in [3.8, 4) is 5.75 Å². The lowest BCUT2D eigenvalue weighted by atomic mass is 10.1. The molecule has 1 aromatic carbocycles. The molecule has 0 atom stereocenters. The predicted molar refractivity (Wildman–Crippen MR) is 60.1 cm³/mol. The van der Waals surface area contributed by atoms with Crippen molar-refractivity contribution in [1.82, 2.24) is 0 Å². The zero-order chi connectivity index (χ0) is 10.7. The van der Waals surface area contributed by atoms with Gasteiger partial charge in [-0.2, -0.15) is 0 Å². The van der Waals surface area contributed by atoms with Gasteiger partial charge in [0.25, 0.3) is 0 Å². The Labute approximate surface area is 92.4 Å². The quantitative estimate of drug-likeness (QED) is 0.462. The van der Waals surface area contributed by atoms with Gasteiger partial charge in [-0.25, -0.2) is 0 Å². The first-order chi connectivity index (χ1) is 6.54. The van der Waals surface area contributed by atoms with E-state index in [0.29, 0.717) is 5.75 Å². The van der Waals surface area contributed by atoms with Crippen molar-refractivity contribution in [2.24, 2.45) is 0 Å². The van der Waals surface area contributed by atoms with Crippen LogP contribution in [0.1, 0.15) is 16.7 Å². The molecule has 2 nitrogen and oxygen atoms in total. The first kappa shape index (κ1) is 11.2. The average molecular weight is 257 g/mol. The van der Waals surface area contributed by atoms with E-state index in [-0.39, 0.29) is 11.3 Å². The molecule has 0 aliphatic carbocycles. The number of benzene rings is 1. The molecule has 0 N–H and O–H groups in total. The Balaban J connectivity index is 3.02. The molecule has 0 radical (unpaired) electrons. The topological polar surface area (TPSA) is 26.3 Å². The zero-order valence-corrected chi connectivity index (χ0v) is 10.1. The van der Waals surface area contributed by atoms with E-state index in [2.05, 4.69) is 22.0 Å². The molecule has 0 amide bonds. The Morgan fingerprint density at radius 1 is 1.36 bits per heavy atom. The highest BCUT2D eigenvalue weighted by Gasteiger charge is 2.07. The third-order valence-electron chi connectivity index (χ3n) is 2.10. The largest absolute Gasteiger partial charge is 0.426 e. The molecule has 0 spiro atoms. The Morgan fingerprint density at radius 3 is 2.57 bits per heavy atom. The molecule has 0 bridgehead atoms. The van der Waals surface area contributed by atoms with E-state index in [0.717, 1.165) is 16.7 Å². The van der Waals surface area contributed by atoms with Gasteiger partial charge in [-0.3, -0.25) is 4.79 Å². The van der Waals surface area contributed by atoms with E-state index in [9.17, 15) is 4.79 Å². The van der Waals surface area contributed by atoms with Gasteiger partial charge in [0.2, 0.25) is 0 Å². The molecule has 1 rings (SSSR count). The molecule has 0 aliphatic rings. The van der Waals surface area contributed by atoms with Crippen molar-refractivity contribution in [3.05, 3.63) is 28.8 Å². The summed E-state index contributed by atoms with van der Waals surface area (Å²) in [5.74, 6) is 0.394. The fraction of sp³-hybridized carbons (Fsp3) is 0.364. The summed E-state index contributed by atoms with van der Waals surface area (Å²) in [6.07, 6.45) is 0. The van der Waals surface area contributed by atoms with Gasteiger partial charge < -0.3 is 4.74 Å². The normalized spacial score (nSPS) is 10.0. The maximum absolute atomic E-state index is 11.1. The van der Waals surface area contributed by atoms with Gasteiger partial charge in [-0.05, 0) is 43.5 Å². The highest BCUT2D eigenvalue weighted by Crippen LogP contribution is 2.23. The SMILES string of the molecule is Cc1cc(C)c(C)c(OC(=O)CBr)c1. The first-order valence-corrected chi connectivity index (χ1v) is 5.51. The Morgan fingerprint density at radius 2 is 2.00 bits per heavy atom. The van der Waals surface area contributed by atoms with Crippen LogP contribution in [-0.2, 0) is 4.79 Å². The molecular formula is C11H13BrO2. The van der Waals surface area contributed by atoms with Gasteiger partial charge in [-0.15, -0.1) is 0 Å². The third kappa shape index (κ3) is 2.58. The number of aryl methyl sites for hydroxylation is 2. The third-order valence-corrected chi connectivity index (χ3v) is 2.55. The molecule has 0 aliphatic heterocycles. The second-order valence-corrected chi connectivity index (χ2v) is 3.87. The summed E-state index contributed by atoms with van der Waals surface area (Å²) >= 11 is 3.06. The number of rotatable bonds is 2. The standard InChI is InChI=1S/C11H13BrO2/c1-7-4-8(2)9(3)10(5-7)14-11(13)6-12/h4-5H,6H2,1-3H3. The van der Waals surface area contributed by atoms with Crippen molar-refractivity contribution in [2.45, 2.75) is 20.8 Å². The minimum Gasteiger partial charge on any atom is -0.426 e. The van der Waals surface area contributed by atoms with Crippen LogP contribution in [0.2, 0.25) is 0 Å². The maximum Gasteiger partial charge on any atom is 0.321 e. The van der Waals surface area contributed by atoms with Crippen LogP contribution in [0.15, 0.2) is 12.1 Å². The Bertz CT molecular complexity index is 359. The van der Waals surface area contributed by atoms with E-state index in [1.165, 1.54) is 0 Å². The predicted octanol–water partition coefficient (Wildman–Crippen LogP) is 2.91. The maximum atomic E-state index is 11.1. The summed E-state index contributed by atoms with van der Waals surface area (Å²) in [4.78, 5) is 11.1. The summed E-state index contributed by atoms with van der Waals surface area (Å²) in [6, 6.07) is 3.95. The van der Waals surface area contributed by atoms with E-state index >= 15 is 0 Å². The molecule has 0 aromatic heterocycles. The monoisotopic (exact) mass is 256 g/mol. The summed E-state index contributed by atoms with van der Waals surface area (Å²) < 4.78 is 5.17. The molecule has 3 heteroatoms. The highest BCUT2D eigenvalue weighted by atomic mass is 79.9. The first-order valence-electron chi connectivity index (χ1n) is 4.39. The number of esters is 1. The van der Waals surface area contributed by atoms with Crippen molar-refractivity contribution in [2.75, 3.05) is 5.33 Å². The van der Waals surface area contributed by atoms with E-state index in [1.807, 2.05) is 26.8 Å². The number of alkyl halides is 1. The molecule has 0 heterocycles. The lowest BCUT2D eigenvalue weighted by Crippen LogP contribution is -2.10. The average Bonchev–Trinajstić information content (AvgIpc) is 2.13. The summed E-state index contributed by atoms with van der Waals surface area (Å²) in [6.45, 7) is 5.94. The van der Waals surface area contributed by atoms with Gasteiger partial charge in [0, 0.05) is 0 Å². The molecule has 0 saturated heterocycles. The smallest absolute Gasteiger partial charge is 0.321 e. The molecular weight excluding hydrogens is 244 g/mol. The molecule has 0 unspecified atom stereocenters. The Hall–Kier alpha value is -0.830. The lowest BCUT2D eigenvalue weighted by molar-refractivity contribution is -0.131. The van der Waals surface area contributed by atoms with Crippen molar-refractivity contribution in [1.29, 1.82) is 0 Å². The van der Waals surface area contributed by atoms with Crippen molar-refractivity contribution in [3.63, 3.8) is 0 Å². The van der Waals surface area contributed by atoms with Gasteiger partial charge in [0.15, 0.2) is 0 Å². The number of hydrogen-bond donors (Lipinski definition) is 0. The molecule has 14 heavy (non-hydrogen) atoms.